The lowest BCUT2D eigenvalue weighted by Gasteiger charge is -2.31. The Morgan fingerprint density at radius 1 is 1.50 bits per heavy atom. The Morgan fingerprint density at radius 2 is 2.25 bits per heavy atom. The van der Waals surface area contributed by atoms with E-state index in [9.17, 15) is 20.1 Å². The SMILES string of the molecule is CCCC(=O)C1(N)N=CN=C2C1=NCN2[C@@H]1O[C@H](CO)[C@@H](O)[C@H]1O. The molecule has 5 N–H and O–H groups in total. The highest BCUT2D eigenvalue weighted by molar-refractivity contribution is 6.51. The molecule has 10 nitrogen and oxygen atoms in total. The second kappa shape index (κ2) is 6.30. The second-order valence-corrected chi connectivity index (χ2v) is 5.98. The molecule has 0 aromatic rings. The second-order valence-electron chi connectivity index (χ2n) is 5.98. The number of nitrogens with zero attached hydrogens (tertiary/aromatic N) is 4. The molecular formula is C14H21N5O5. The molecule has 1 unspecified atom stereocenters. The molecular weight excluding hydrogens is 318 g/mol. The lowest BCUT2D eigenvalue weighted by Crippen LogP contribution is -2.59. The van der Waals surface area contributed by atoms with Gasteiger partial charge in [0.1, 0.15) is 37.0 Å². The van der Waals surface area contributed by atoms with Crippen LogP contribution in [0.3, 0.4) is 0 Å². The lowest BCUT2D eigenvalue weighted by atomic mass is 9.95. The number of amidine groups is 1. The van der Waals surface area contributed by atoms with E-state index in [1.165, 1.54) is 11.2 Å². The molecule has 3 heterocycles. The molecule has 10 heteroatoms. The van der Waals surface area contributed by atoms with Crippen molar-refractivity contribution in [2.45, 2.75) is 50.0 Å². The molecule has 0 aromatic carbocycles. The van der Waals surface area contributed by atoms with Gasteiger partial charge in [-0.3, -0.25) is 15.5 Å². The molecule has 0 saturated carbocycles. The van der Waals surface area contributed by atoms with Crippen molar-refractivity contribution in [3.05, 3.63) is 0 Å². The van der Waals surface area contributed by atoms with Crippen molar-refractivity contribution in [2.24, 2.45) is 20.7 Å². The van der Waals surface area contributed by atoms with Crippen LogP contribution in [-0.4, -0.2) is 87.4 Å². The van der Waals surface area contributed by atoms with Gasteiger partial charge in [0.05, 0.1) is 6.61 Å². The highest BCUT2D eigenvalue weighted by Crippen LogP contribution is 2.29. The standard InChI is InChI=1S/C14H21N5O5/c1-2-3-8(21)14(15)11-12(16-5-18-14)19(6-17-11)13-10(23)9(22)7(4-20)24-13/h5,7,9-10,13,20,22-23H,2-4,6,15H2,1H3/t7-,9-,10-,13-,14?/m1/s1. The number of ether oxygens (including phenoxy) is 1. The van der Waals surface area contributed by atoms with Gasteiger partial charge in [0.15, 0.2) is 17.8 Å². The Labute approximate surface area is 138 Å². The molecule has 24 heavy (non-hydrogen) atoms. The van der Waals surface area contributed by atoms with Crippen LogP contribution in [-0.2, 0) is 9.53 Å². The minimum absolute atomic E-state index is 0.0580. The van der Waals surface area contributed by atoms with Gasteiger partial charge in [0, 0.05) is 6.42 Å². The molecule has 5 atom stereocenters. The fraction of sp³-hybridized carbons (Fsp3) is 0.714. The summed E-state index contributed by atoms with van der Waals surface area (Å²) in [5.41, 5.74) is 4.80. The predicted molar refractivity (Wildman–Crippen MR) is 84.7 cm³/mol. The molecule has 0 radical (unpaired) electrons. The zero-order valence-electron chi connectivity index (χ0n) is 13.2. The number of aliphatic hydroxyl groups excluding tert-OH is 3. The number of Topliss-reactive ketones (excluding diaryl/α,β-unsaturated/α-hetero) is 1. The van der Waals surface area contributed by atoms with Crippen LogP contribution in [0.2, 0.25) is 0 Å². The van der Waals surface area contributed by atoms with E-state index in [-0.39, 0.29) is 30.4 Å². The first kappa shape index (κ1) is 17.1. The summed E-state index contributed by atoms with van der Waals surface area (Å²) in [6, 6.07) is 0. The van der Waals surface area contributed by atoms with E-state index < -0.39 is 36.8 Å². The molecule has 0 aromatic heterocycles. The Hall–Kier alpha value is -1.72. The van der Waals surface area contributed by atoms with Crippen molar-refractivity contribution in [1.82, 2.24) is 4.90 Å². The number of nitrogens with two attached hydrogens (primary N) is 1. The zero-order valence-corrected chi connectivity index (χ0v) is 13.2. The molecule has 1 fully saturated rings. The monoisotopic (exact) mass is 339 g/mol. The molecule has 3 aliphatic heterocycles. The maximum atomic E-state index is 12.4. The van der Waals surface area contributed by atoms with Gasteiger partial charge in [0.2, 0.25) is 5.66 Å². The highest BCUT2D eigenvalue weighted by Gasteiger charge is 2.52. The van der Waals surface area contributed by atoms with Gasteiger partial charge in [-0.2, -0.15) is 0 Å². The average molecular weight is 339 g/mol. The smallest absolute Gasteiger partial charge is 0.214 e. The third kappa shape index (κ3) is 2.47. The Balaban J connectivity index is 1.84. The predicted octanol–water partition coefficient (Wildman–Crippen LogP) is -2.40. The highest BCUT2D eigenvalue weighted by atomic mass is 16.6. The number of carbonyl (C=O) groups is 1. The van der Waals surface area contributed by atoms with Crippen LogP contribution >= 0.6 is 0 Å². The van der Waals surface area contributed by atoms with Crippen LogP contribution in [0.1, 0.15) is 19.8 Å². The summed E-state index contributed by atoms with van der Waals surface area (Å²) in [4.78, 5) is 26.3. The summed E-state index contributed by atoms with van der Waals surface area (Å²) < 4.78 is 5.50. The normalized spacial score (nSPS) is 38.1. The molecule has 1 saturated heterocycles. The van der Waals surface area contributed by atoms with Gasteiger partial charge in [-0.15, -0.1) is 0 Å². The van der Waals surface area contributed by atoms with E-state index in [0.717, 1.165) is 0 Å². The summed E-state index contributed by atoms with van der Waals surface area (Å²) in [6.45, 7) is 1.49. The van der Waals surface area contributed by atoms with E-state index in [2.05, 4.69) is 15.0 Å². The van der Waals surface area contributed by atoms with Crippen molar-refractivity contribution < 1.29 is 24.9 Å². The molecule has 0 spiro atoms. The van der Waals surface area contributed by atoms with E-state index in [1.54, 1.807) is 0 Å². The largest absolute Gasteiger partial charge is 0.394 e. The Kier molecular flexibility index (Phi) is 4.49. The number of hydrogen-bond acceptors (Lipinski definition) is 10. The third-order valence-corrected chi connectivity index (χ3v) is 4.39. The zero-order chi connectivity index (χ0) is 17.5. The van der Waals surface area contributed by atoms with Gasteiger partial charge < -0.3 is 25.0 Å². The van der Waals surface area contributed by atoms with Crippen LogP contribution in [0.15, 0.2) is 15.0 Å². The minimum Gasteiger partial charge on any atom is -0.394 e. The summed E-state index contributed by atoms with van der Waals surface area (Å²) in [5.74, 6) is 0.0159. The first-order valence-electron chi connectivity index (χ1n) is 7.82. The van der Waals surface area contributed by atoms with Crippen LogP contribution in [0.4, 0.5) is 0 Å². The number of ketones is 1. The number of aliphatic hydroxyl groups is 3. The summed E-state index contributed by atoms with van der Waals surface area (Å²) in [7, 11) is 0. The first-order chi connectivity index (χ1) is 11.4. The van der Waals surface area contributed by atoms with Crippen molar-refractivity contribution in [3.8, 4) is 0 Å². The van der Waals surface area contributed by atoms with Crippen LogP contribution in [0, 0.1) is 0 Å². The minimum atomic E-state index is -1.60. The van der Waals surface area contributed by atoms with Gasteiger partial charge >= 0.3 is 0 Å². The van der Waals surface area contributed by atoms with Crippen LogP contribution < -0.4 is 5.73 Å². The van der Waals surface area contributed by atoms with Crippen LogP contribution in [0.25, 0.3) is 0 Å². The number of fused-ring (bicyclic) bond motifs is 1. The maximum Gasteiger partial charge on any atom is 0.214 e. The molecule has 0 bridgehead atoms. The Morgan fingerprint density at radius 3 is 2.88 bits per heavy atom. The van der Waals surface area contributed by atoms with Crippen LogP contribution in [0.5, 0.6) is 0 Å². The molecule has 132 valence electrons. The van der Waals surface area contributed by atoms with E-state index in [4.69, 9.17) is 10.5 Å². The summed E-state index contributed by atoms with van der Waals surface area (Å²) in [6.07, 6.45) is -2.25. The molecule has 0 aliphatic carbocycles. The van der Waals surface area contributed by atoms with E-state index in [0.29, 0.717) is 6.42 Å². The maximum absolute atomic E-state index is 12.4. The summed E-state index contributed by atoms with van der Waals surface area (Å²) >= 11 is 0. The first-order valence-corrected chi connectivity index (χ1v) is 7.82. The van der Waals surface area contributed by atoms with Gasteiger partial charge in [-0.25, -0.2) is 9.98 Å². The topological polar surface area (TPSA) is 153 Å². The number of hydrogen-bond donors (Lipinski definition) is 4. The molecule has 3 rings (SSSR count). The van der Waals surface area contributed by atoms with Crippen molar-refractivity contribution >= 4 is 23.7 Å². The van der Waals surface area contributed by atoms with Crippen molar-refractivity contribution in [1.29, 1.82) is 0 Å². The third-order valence-electron chi connectivity index (χ3n) is 4.39. The van der Waals surface area contributed by atoms with E-state index >= 15 is 0 Å². The average Bonchev–Trinajstić information content (AvgIpc) is 3.11. The van der Waals surface area contributed by atoms with Gasteiger partial charge in [-0.1, -0.05) is 6.92 Å². The number of aliphatic imine (C=N–C) groups is 3. The van der Waals surface area contributed by atoms with Gasteiger partial charge in [0.25, 0.3) is 0 Å². The number of carbonyl (C=O) groups excluding carboxylic acids is 1. The number of rotatable bonds is 5. The van der Waals surface area contributed by atoms with E-state index in [1.807, 2.05) is 6.92 Å². The fourth-order valence-electron chi connectivity index (χ4n) is 3.04. The molecule has 3 aliphatic rings. The lowest BCUT2D eigenvalue weighted by molar-refractivity contribution is -0.121. The van der Waals surface area contributed by atoms with Gasteiger partial charge in [-0.05, 0) is 6.42 Å². The summed E-state index contributed by atoms with van der Waals surface area (Å²) in [5, 5.41) is 29.3. The van der Waals surface area contributed by atoms with Crippen molar-refractivity contribution in [3.63, 3.8) is 0 Å². The van der Waals surface area contributed by atoms with Crippen molar-refractivity contribution in [2.75, 3.05) is 13.3 Å². The quantitative estimate of drug-likeness (QED) is 0.435. The molecule has 0 amide bonds. The Bertz CT molecular complexity index is 621. The fourth-order valence-corrected chi connectivity index (χ4v) is 3.04.